The summed E-state index contributed by atoms with van der Waals surface area (Å²) in [5, 5.41) is 6.21. The van der Waals surface area contributed by atoms with Crippen LogP contribution in [-0.4, -0.2) is 75.1 Å². The summed E-state index contributed by atoms with van der Waals surface area (Å²) in [5.41, 5.74) is 0. The molecule has 0 aromatic rings. The minimum atomic E-state index is 0.0532. The van der Waals surface area contributed by atoms with Gasteiger partial charge in [-0.3, -0.25) is 9.69 Å². The molecule has 106 valence electrons. The lowest BCUT2D eigenvalue weighted by Crippen LogP contribution is -2.47. The van der Waals surface area contributed by atoms with Crippen molar-refractivity contribution in [3.05, 3.63) is 0 Å². The Balaban J connectivity index is 2.08. The fraction of sp³-hybridized carbons (Fsp3) is 0.923. The van der Waals surface area contributed by atoms with Crippen molar-refractivity contribution in [2.75, 3.05) is 59.4 Å². The molecule has 1 unspecified atom stereocenters. The van der Waals surface area contributed by atoms with Crippen molar-refractivity contribution in [1.82, 2.24) is 20.4 Å². The van der Waals surface area contributed by atoms with Crippen molar-refractivity contribution >= 4 is 5.91 Å². The fourth-order valence-corrected chi connectivity index (χ4v) is 2.04. The Bertz CT molecular complexity index is 239. The average molecular weight is 256 g/mol. The van der Waals surface area contributed by atoms with Crippen LogP contribution in [0.25, 0.3) is 0 Å². The van der Waals surface area contributed by atoms with E-state index in [4.69, 9.17) is 0 Å². The Hall–Kier alpha value is -0.650. The van der Waals surface area contributed by atoms with Gasteiger partial charge in [0.05, 0.1) is 0 Å². The van der Waals surface area contributed by atoms with E-state index in [1.807, 2.05) is 6.92 Å². The predicted octanol–water partition coefficient (Wildman–Crippen LogP) is -0.404. The van der Waals surface area contributed by atoms with Gasteiger partial charge in [-0.2, -0.15) is 0 Å². The molecule has 0 saturated carbocycles. The first-order valence-corrected chi connectivity index (χ1v) is 7.02. The molecule has 0 aromatic carbocycles. The number of hydrogen-bond donors (Lipinski definition) is 2. The molecule has 0 aromatic heterocycles. The Morgan fingerprint density at radius 2 is 1.94 bits per heavy atom. The number of carbonyl (C=O) groups is 1. The molecule has 0 bridgehead atoms. The van der Waals surface area contributed by atoms with Gasteiger partial charge in [-0.05, 0) is 13.6 Å². The first kappa shape index (κ1) is 15.4. The molecule has 1 aliphatic heterocycles. The SMILES string of the molecule is CCNCC(C)C(=O)NCCN1CCN(C)CC1. The molecule has 2 N–H and O–H groups in total. The van der Waals surface area contributed by atoms with Crippen LogP contribution >= 0.6 is 0 Å². The van der Waals surface area contributed by atoms with Gasteiger partial charge in [0.25, 0.3) is 0 Å². The molecule has 0 aliphatic carbocycles. The van der Waals surface area contributed by atoms with Crippen LogP contribution in [0, 0.1) is 5.92 Å². The second-order valence-electron chi connectivity index (χ2n) is 5.14. The average Bonchev–Trinajstić information content (AvgIpc) is 2.38. The van der Waals surface area contributed by atoms with E-state index in [1.165, 1.54) is 0 Å². The van der Waals surface area contributed by atoms with E-state index in [9.17, 15) is 4.79 Å². The topological polar surface area (TPSA) is 47.6 Å². The minimum absolute atomic E-state index is 0.0532. The van der Waals surface area contributed by atoms with Crippen LogP contribution < -0.4 is 10.6 Å². The van der Waals surface area contributed by atoms with E-state index in [1.54, 1.807) is 0 Å². The molecule has 1 amide bonds. The van der Waals surface area contributed by atoms with Crippen LogP contribution in [0.4, 0.5) is 0 Å². The minimum Gasteiger partial charge on any atom is -0.355 e. The number of hydrogen-bond acceptors (Lipinski definition) is 4. The number of likely N-dealkylation sites (N-methyl/N-ethyl adjacent to an activating group) is 1. The summed E-state index contributed by atoms with van der Waals surface area (Å²) in [6, 6.07) is 0. The standard InChI is InChI=1S/C13H28N4O/c1-4-14-11-12(2)13(18)15-5-6-17-9-7-16(3)8-10-17/h12,14H,4-11H2,1-3H3,(H,15,18). The summed E-state index contributed by atoms with van der Waals surface area (Å²) in [7, 11) is 2.15. The van der Waals surface area contributed by atoms with Crippen LogP contribution in [0.2, 0.25) is 0 Å². The number of carbonyl (C=O) groups excluding carboxylic acids is 1. The van der Waals surface area contributed by atoms with Crippen molar-refractivity contribution < 1.29 is 4.79 Å². The van der Waals surface area contributed by atoms with Crippen molar-refractivity contribution in [3.63, 3.8) is 0 Å². The first-order chi connectivity index (χ1) is 8.63. The van der Waals surface area contributed by atoms with Crippen molar-refractivity contribution in [3.8, 4) is 0 Å². The van der Waals surface area contributed by atoms with Gasteiger partial charge < -0.3 is 15.5 Å². The van der Waals surface area contributed by atoms with Crippen LogP contribution in [0.15, 0.2) is 0 Å². The van der Waals surface area contributed by atoms with Crippen LogP contribution in [-0.2, 0) is 4.79 Å². The molecule has 0 spiro atoms. The molecule has 1 aliphatic rings. The third kappa shape index (κ3) is 5.80. The molecule has 5 nitrogen and oxygen atoms in total. The highest BCUT2D eigenvalue weighted by molar-refractivity contribution is 5.78. The number of rotatable bonds is 7. The summed E-state index contributed by atoms with van der Waals surface area (Å²) < 4.78 is 0. The zero-order valence-corrected chi connectivity index (χ0v) is 12.0. The van der Waals surface area contributed by atoms with Crippen molar-refractivity contribution in [2.45, 2.75) is 13.8 Å². The second-order valence-corrected chi connectivity index (χ2v) is 5.14. The molecule has 1 heterocycles. The highest BCUT2D eigenvalue weighted by Crippen LogP contribution is 1.98. The summed E-state index contributed by atoms with van der Waals surface area (Å²) >= 11 is 0. The Morgan fingerprint density at radius 3 is 2.56 bits per heavy atom. The van der Waals surface area contributed by atoms with Gasteiger partial charge in [-0.15, -0.1) is 0 Å². The predicted molar refractivity (Wildman–Crippen MR) is 74.7 cm³/mol. The van der Waals surface area contributed by atoms with Crippen LogP contribution in [0.1, 0.15) is 13.8 Å². The molecular formula is C13H28N4O. The van der Waals surface area contributed by atoms with Gasteiger partial charge in [0, 0.05) is 51.7 Å². The highest BCUT2D eigenvalue weighted by atomic mass is 16.1. The largest absolute Gasteiger partial charge is 0.355 e. The maximum absolute atomic E-state index is 11.8. The third-order valence-electron chi connectivity index (χ3n) is 3.47. The lowest BCUT2D eigenvalue weighted by Gasteiger charge is -2.32. The summed E-state index contributed by atoms with van der Waals surface area (Å²) in [4.78, 5) is 16.5. The zero-order chi connectivity index (χ0) is 13.4. The number of piperazine rings is 1. The molecule has 1 fully saturated rings. The fourth-order valence-electron chi connectivity index (χ4n) is 2.04. The first-order valence-electron chi connectivity index (χ1n) is 7.02. The Kier molecular flexibility index (Phi) is 7.23. The van der Waals surface area contributed by atoms with Crippen molar-refractivity contribution in [2.24, 2.45) is 5.92 Å². The van der Waals surface area contributed by atoms with E-state index < -0.39 is 0 Å². The summed E-state index contributed by atoms with van der Waals surface area (Å²) in [6.07, 6.45) is 0. The monoisotopic (exact) mass is 256 g/mol. The molecule has 5 heteroatoms. The highest BCUT2D eigenvalue weighted by Gasteiger charge is 2.15. The maximum atomic E-state index is 11.8. The van der Waals surface area contributed by atoms with E-state index in [0.717, 1.165) is 52.4 Å². The van der Waals surface area contributed by atoms with Gasteiger partial charge >= 0.3 is 0 Å². The van der Waals surface area contributed by atoms with Gasteiger partial charge in [0.1, 0.15) is 0 Å². The number of amides is 1. The quantitative estimate of drug-likeness (QED) is 0.650. The molecule has 1 saturated heterocycles. The van der Waals surface area contributed by atoms with Gasteiger partial charge in [-0.1, -0.05) is 13.8 Å². The molecular weight excluding hydrogens is 228 g/mol. The lowest BCUT2D eigenvalue weighted by molar-refractivity contribution is -0.124. The Labute approximate surface area is 111 Å². The Morgan fingerprint density at radius 1 is 1.28 bits per heavy atom. The normalized spacial score (nSPS) is 19.7. The smallest absolute Gasteiger partial charge is 0.224 e. The third-order valence-corrected chi connectivity index (χ3v) is 3.47. The molecule has 1 atom stereocenters. The van der Waals surface area contributed by atoms with E-state index in [0.29, 0.717) is 0 Å². The molecule has 0 radical (unpaired) electrons. The summed E-state index contributed by atoms with van der Waals surface area (Å²) in [5.74, 6) is 0.211. The van der Waals surface area contributed by atoms with Gasteiger partial charge in [-0.25, -0.2) is 0 Å². The second kappa shape index (κ2) is 8.45. The van der Waals surface area contributed by atoms with E-state index >= 15 is 0 Å². The summed E-state index contributed by atoms with van der Waals surface area (Å²) in [6.45, 7) is 11.9. The lowest BCUT2D eigenvalue weighted by atomic mass is 10.1. The van der Waals surface area contributed by atoms with Gasteiger partial charge in [0.15, 0.2) is 0 Å². The van der Waals surface area contributed by atoms with Crippen LogP contribution in [0.3, 0.4) is 0 Å². The maximum Gasteiger partial charge on any atom is 0.224 e. The van der Waals surface area contributed by atoms with E-state index in [-0.39, 0.29) is 11.8 Å². The van der Waals surface area contributed by atoms with Crippen LogP contribution in [0.5, 0.6) is 0 Å². The zero-order valence-electron chi connectivity index (χ0n) is 12.0. The van der Waals surface area contributed by atoms with E-state index in [2.05, 4.69) is 34.4 Å². The van der Waals surface area contributed by atoms with Gasteiger partial charge in [0.2, 0.25) is 5.91 Å². The van der Waals surface area contributed by atoms with Crippen molar-refractivity contribution in [1.29, 1.82) is 0 Å². The number of nitrogens with one attached hydrogen (secondary N) is 2. The number of nitrogens with zero attached hydrogens (tertiary/aromatic N) is 2. The molecule has 1 rings (SSSR count). The molecule has 18 heavy (non-hydrogen) atoms.